The summed E-state index contributed by atoms with van der Waals surface area (Å²) in [5.41, 5.74) is 7.73. The van der Waals surface area contributed by atoms with Gasteiger partial charge in [0.2, 0.25) is 0 Å². The topological polar surface area (TPSA) is 95.6 Å². The fourth-order valence-corrected chi connectivity index (χ4v) is 2.06. The van der Waals surface area contributed by atoms with Crippen LogP contribution in [0.3, 0.4) is 0 Å². The molecule has 0 spiro atoms. The zero-order valence-corrected chi connectivity index (χ0v) is 12.4. The molecule has 0 aliphatic carbocycles. The maximum Gasteiger partial charge on any atom is 0.337 e. The lowest BCUT2D eigenvalue weighted by Crippen LogP contribution is -2.23. The fourth-order valence-electron chi connectivity index (χ4n) is 2.06. The quantitative estimate of drug-likeness (QED) is 0.575. The molecule has 5 heteroatoms. The second kappa shape index (κ2) is 6.61. The number of aryl methyl sites for hydroxylation is 1. The van der Waals surface area contributed by atoms with Gasteiger partial charge in [-0.2, -0.15) is 0 Å². The highest BCUT2D eigenvalue weighted by Crippen LogP contribution is 2.26. The second-order valence-corrected chi connectivity index (χ2v) is 5.90. The fraction of sp³-hybridized carbons (Fsp3) is 0.533. The Hall–Kier alpha value is -1.75. The largest absolute Gasteiger partial charge is 0.478 e. The molecule has 0 aliphatic rings. The van der Waals surface area contributed by atoms with Crippen molar-refractivity contribution in [1.82, 2.24) is 0 Å². The highest BCUT2D eigenvalue weighted by molar-refractivity contribution is 5.95. The molecule has 1 aromatic rings. The van der Waals surface area contributed by atoms with Crippen molar-refractivity contribution in [2.24, 2.45) is 5.41 Å². The molecule has 5 N–H and O–H groups in total. The van der Waals surface area contributed by atoms with Gasteiger partial charge in [-0.3, -0.25) is 0 Å². The minimum absolute atomic E-state index is 0.0292. The summed E-state index contributed by atoms with van der Waals surface area (Å²) >= 11 is 0. The molecular weight excluding hydrogens is 256 g/mol. The number of rotatable bonds is 7. The monoisotopic (exact) mass is 280 g/mol. The predicted molar refractivity (Wildman–Crippen MR) is 81.1 cm³/mol. The molecule has 112 valence electrons. The first kappa shape index (κ1) is 16.3. The van der Waals surface area contributed by atoms with Crippen LogP contribution in [0.25, 0.3) is 0 Å². The normalized spacial score (nSPS) is 11.4. The third-order valence-electron chi connectivity index (χ3n) is 3.40. The number of hydrogen-bond donors (Lipinski definition) is 4. The van der Waals surface area contributed by atoms with Gasteiger partial charge in [0.15, 0.2) is 0 Å². The summed E-state index contributed by atoms with van der Waals surface area (Å²) in [7, 11) is 0. The lowest BCUT2D eigenvalue weighted by atomic mass is 9.88. The number of aliphatic hydroxyl groups excluding tert-OH is 1. The minimum Gasteiger partial charge on any atom is -0.478 e. The van der Waals surface area contributed by atoms with Crippen LogP contribution < -0.4 is 11.1 Å². The minimum atomic E-state index is -1.02. The summed E-state index contributed by atoms with van der Waals surface area (Å²) in [6.07, 6.45) is 1.66. The first-order chi connectivity index (χ1) is 9.26. The van der Waals surface area contributed by atoms with Crippen LogP contribution in [0.5, 0.6) is 0 Å². The van der Waals surface area contributed by atoms with Crippen molar-refractivity contribution in [1.29, 1.82) is 0 Å². The summed E-state index contributed by atoms with van der Waals surface area (Å²) in [4.78, 5) is 11.1. The average molecular weight is 280 g/mol. The first-order valence-corrected chi connectivity index (χ1v) is 6.75. The summed E-state index contributed by atoms with van der Waals surface area (Å²) in [5.74, 6) is -1.02. The molecule has 0 fully saturated rings. The maximum atomic E-state index is 11.1. The van der Waals surface area contributed by atoms with Gasteiger partial charge in [-0.15, -0.1) is 0 Å². The Morgan fingerprint density at radius 3 is 2.60 bits per heavy atom. The van der Waals surface area contributed by atoms with Crippen molar-refractivity contribution < 1.29 is 15.0 Å². The molecule has 0 amide bonds. The number of carboxylic acid groups (broad SMARTS) is 1. The zero-order chi connectivity index (χ0) is 15.3. The van der Waals surface area contributed by atoms with E-state index in [0.29, 0.717) is 12.2 Å². The van der Waals surface area contributed by atoms with Gasteiger partial charge in [0.25, 0.3) is 0 Å². The molecule has 0 saturated heterocycles. The molecular formula is C15H24N2O3. The van der Waals surface area contributed by atoms with E-state index < -0.39 is 5.97 Å². The van der Waals surface area contributed by atoms with Crippen molar-refractivity contribution in [3.8, 4) is 0 Å². The number of carbonyl (C=O) groups is 1. The summed E-state index contributed by atoms with van der Waals surface area (Å²) in [6.45, 7) is 6.91. The van der Waals surface area contributed by atoms with Crippen molar-refractivity contribution >= 4 is 17.3 Å². The Bertz CT molecular complexity index is 484. The van der Waals surface area contributed by atoms with E-state index in [4.69, 9.17) is 15.9 Å². The average Bonchev–Trinajstić information content (AvgIpc) is 2.37. The molecule has 0 aromatic heterocycles. The molecule has 1 rings (SSSR count). The number of nitrogens with one attached hydrogen (secondary N) is 1. The van der Waals surface area contributed by atoms with E-state index in [0.717, 1.165) is 24.1 Å². The standard InChI is InChI=1S/C15H24N2O3/c1-10-7-11(8-12(13(10)16)14(19)20)17-9-15(2,3)5-4-6-18/h7-8,17-18H,4-6,9,16H2,1-3H3,(H,19,20). The molecule has 0 atom stereocenters. The van der Waals surface area contributed by atoms with E-state index in [1.807, 2.05) is 6.07 Å². The highest BCUT2D eigenvalue weighted by Gasteiger charge is 2.18. The number of anilines is 2. The SMILES string of the molecule is Cc1cc(NCC(C)(C)CCCO)cc(C(=O)O)c1N. The zero-order valence-electron chi connectivity index (χ0n) is 12.4. The molecule has 20 heavy (non-hydrogen) atoms. The number of nitrogens with two attached hydrogens (primary N) is 1. The number of hydrogen-bond acceptors (Lipinski definition) is 4. The summed E-state index contributed by atoms with van der Waals surface area (Å²) < 4.78 is 0. The van der Waals surface area contributed by atoms with E-state index in [1.54, 1.807) is 13.0 Å². The number of carboxylic acids is 1. The van der Waals surface area contributed by atoms with Gasteiger partial charge in [0.05, 0.1) is 5.56 Å². The van der Waals surface area contributed by atoms with Crippen molar-refractivity contribution in [3.63, 3.8) is 0 Å². The van der Waals surface area contributed by atoms with E-state index in [1.165, 1.54) is 0 Å². The molecule has 5 nitrogen and oxygen atoms in total. The molecule has 0 heterocycles. The Labute approximate surface area is 119 Å². The number of nitrogen functional groups attached to an aromatic ring is 1. The van der Waals surface area contributed by atoms with Gasteiger partial charge in [-0.05, 0) is 42.9 Å². The van der Waals surface area contributed by atoms with Crippen molar-refractivity contribution in [3.05, 3.63) is 23.3 Å². The highest BCUT2D eigenvalue weighted by atomic mass is 16.4. The predicted octanol–water partition coefficient (Wildman–Crippen LogP) is 2.49. The van der Waals surface area contributed by atoms with Crippen LogP contribution in [0.2, 0.25) is 0 Å². The van der Waals surface area contributed by atoms with E-state index in [9.17, 15) is 4.79 Å². The van der Waals surface area contributed by atoms with E-state index >= 15 is 0 Å². The molecule has 1 aromatic carbocycles. The molecule has 0 aliphatic heterocycles. The van der Waals surface area contributed by atoms with Crippen LogP contribution in [0.15, 0.2) is 12.1 Å². The van der Waals surface area contributed by atoms with Crippen LogP contribution in [-0.2, 0) is 0 Å². The number of aliphatic hydroxyl groups is 1. The van der Waals surface area contributed by atoms with Gasteiger partial charge in [0, 0.05) is 24.5 Å². The lowest BCUT2D eigenvalue weighted by molar-refractivity contribution is 0.0698. The van der Waals surface area contributed by atoms with Gasteiger partial charge >= 0.3 is 5.97 Å². The first-order valence-electron chi connectivity index (χ1n) is 6.75. The van der Waals surface area contributed by atoms with Crippen molar-refractivity contribution in [2.75, 3.05) is 24.2 Å². The van der Waals surface area contributed by atoms with Gasteiger partial charge in [-0.25, -0.2) is 4.79 Å². The van der Waals surface area contributed by atoms with Gasteiger partial charge < -0.3 is 21.3 Å². The molecule has 0 unspecified atom stereocenters. The maximum absolute atomic E-state index is 11.1. The van der Waals surface area contributed by atoms with Gasteiger partial charge in [0.1, 0.15) is 0 Å². The summed E-state index contributed by atoms with van der Waals surface area (Å²) in [6, 6.07) is 3.41. The van der Waals surface area contributed by atoms with Crippen LogP contribution in [-0.4, -0.2) is 29.3 Å². The molecule has 0 bridgehead atoms. The van der Waals surface area contributed by atoms with E-state index in [-0.39, 0.29) is 17.6 Å². The molecule has 0 saturated carbocycles. The molecule has 0 radical (unpaired) electrons. The Morgan fingerprint density at radius 1 is 1.40 bits per heavy atom. The van der Waals surface area contributed by atoms with Crippen molar-refractivity contribution in [2.45, 2.75) is 33.6 Å². The lowest BCUT2D eigenvalue weighted by Gasteiger charge is -2.25. The smallest absolute Gasteiger partial charge is 0.337 e. The Kier molecular flexibility index (Phi) is 5.39. The van der Waals surface area contributed by atoms with Gasteiger partial charge in [-0.1, -0.05) is 13.8 Å². The van der Waals surface area contributed by atoms with Crippen LogP contribution in [0, 0.1) is 12.3 Å². The second-order valence-electron chi connectivity index (χ2n) is 5.90. The van der Waals surface area contributed by atoms with E-state index in [2.05, 4.69) is 19.2 Å². The third kappa shape index (κ3) is 4.42. The number of aromatic carboxylic acids is 1. The Morgan fingerprint density at radius 2 is 2.05 bits per heavy atom. The third-order valence-corrected chi connectivity index (χ3v) is 3.40. The summed E-state index contributed by atoms with van der Waals surface area (Å²) in [5, 5.41) is 21.3. The number of benzene rings is 1. The van der Waals surface area contributed by atoms with Crippen LogP contribution >= 0.6 is 0 Å². The van der Waals surface area contributed by atoms with Crippen LogP contribution in [0.1, 0.15) is 42.6 Å². The Balaban J connectivity index is 2.81. The van der Waals surface area contributed by atoms with Crippen LogP contribution in [0.4, 0.5) is 11.4 Å².